The maximum atomic E-state index is 13.8. The van der Waals surface area contributed by atoms with Crippen molar-refractivity contribution in [1.29, 1.82) is 0 Å². The van der Waals surface area contributed by atoms with Gasteiger partial charge >= 0.3 is 0 Å². The van der Waals surface area contributed by atoms with Crippen LogP contribution in [-0.4, -0.2) is 27.4 Å². The van der Waals surface area contributed by atoms with E-state index in [0.717, 1.165) is 18.7 Å². The third kappa shape index (κ3) is 4.75. The van der Waals surface area contributed by atoms with Gasteiger partial charge in [-0.2, -0.15) is 0 Å². The molecule has 1 fully saturated rings. The van der Waals surface area contributed by atoms with Gasteiger partial charge < -0.3 is 10.2 Å². The average molecular weight is 454 g/mol. The summed E-state index contributed by atoms with van der Waals surface area (Å²) in [5.74, 6) is -1.01. The van der Waals surface area contributed by atoms with Gasteiger partial charge in [-0.1, -0.05) is 12.1 Å². The largest absolute Gasteiger partial charge is 0.371 e. The van der Waals surface area contributed by atoms with E-state index in [1.54, 1.807) is 0 Å². The van der Waals surface area contributed by atoms with Crippen molar-refractivity contribution >= 4 is 33.0 Å². The van der Waals surface area contributed by atoms with E-state index in [0.29, 0.717) is 11.3 Å². The SMILES string of the molecule is Cc1cc(NC(=O)c2ccc(S(=O)(=O)Nc3ccccc3F)cc2)ccc1N1CCCC1. The lowest BCUT2D eigenvalue weighted by Gasteiger charge is -2.20. The van der Waals surface area contributed by atoms with E-state index >= 15 is 0 Å². The number of carbonyl (C=O) groups excluding carboxylic acids is 1. The van der Waals surface area contributed by atoms with Crippen molar-refractivity contribution < 1.29 is 17.6 Å². The number of benzene rings is 3. The number of amides is 1. The summed E-state index contributed by atoms with van der Waals surface area (Å²) >= 11 is 0. The monoisotopic (exact) mass is 453 g/mol. The van der Waals surface area contributed by atoms with Gasteiger partial charge in [0.15, 0.2) is 0 Å². The number of aryl methyl sites for hydroxylation is 1. The Kier molecular flexibility index (Phi) is 6.14. The summed E-state index contributed by atoms with van der Waals surface area (Å²) < 4.78 is 41.0. The third-order valence-electron chi connectivity index (χ3n) is 5.45. The number of nitrogens with one attached hydrogen (secondary N) is 2. The molecule has 0 bridgehead atoms. The number of nitrogens with zero attached hydrogens (tertiary/aromatic N) is 1. The number of para-hydroxylation sites is 1. The Morgan fingerprint density at radius 2 is 1.66 bits per heavy atom. The molecule has 32 heavy (non-hydrogen) atoms. The van der Waals surface area contributed by atoms with Crippen LogP contribution in [0.1, 0.15) is 28.8 Å². The highest BCUT2D eigenvalue weighted by molar-refractivity contribution is 7.92. The fraction of sp³-hybridized carbons (Fsp3) is 0.208. The fourth-order valence-electron chi connectivity index (χ4n) is 3.78. The maximum absolute atomic E-state index is 13.8. The van der Waals surface area contributed by atoms with Gasteiger partial charge in [-0.05, 0) is 79.9 Å². The maximum Gasteiger partial charge on any atom is 0.261 e. The zero-order valence-corrected chi connectivity index (χ0v) is 18.5. The molecule has 0 atom stereocenters. The lowest BCUT2D eigenvalue weighted by atomic mass is 10.1. The summed E-state index contributed by atoms with van der Waals surface area (Å²) in [5.41, 5.74) is 3.12. The van der Waals surface area contributed by atoms with Crippen molar-refractivity contribution in [3.05, 3.63) is 83.7 Å². The predicted octanol–water partition coefficient (Wildman–Crippen LogP) is 4.79. The molecule has 0 aromatic heterocycles. The van der Waals surface area contributed by atoms with Gasteiger partial charge in [0.1, 0.15) is 5.82 Å². The first-order valence-electron chi connectivity index (χ1n) is 10.4. The number of carbonyl (C=O) groups is 1. The van der Waals surface area contributed by atoms with Crippen LogP contribution in [0.25, 0.3) is 0 Å². The van der Waals surface area contributed by atoms with Crippen LogP contribution >= 0.6 is 0 Å². The van der Waals surface area contributed by atoms with Crippen LogP contribution in [0.4, 0.5) is 21.5 Å². The normalized spacial score (nSPS) is 13.8. The molecule has 8 heteroatoms. The van der Waals surface area contributed by atoms with E-state index in [4.69, 9.17) is 0 Å². The molecule has 0 aliphatic carbocycles. The first kappa shape index (κ1) is 21.8. The van der Waals surface area contributed by atoms with Crippen molar-refractivity contribution in [2.75, 3.05) is 28.0 Å². The summed E-state index contributed by atoms with van der Waals surface area (Å²) in [4.78, 5) is 14.9. The summed E-state index contributed by atoms with van der Waals surface area (Å²) in [7, 11) is -3.98. The third-order valence-corrected chi connectivity index (χ3v) is 6.83. The molecule has 2 N–H and O–H groups in total. The quantitative estimate of drug-likeness (QED) is 0.563. The lowest BCUT2D eigenvalue weighted by Crippen LogP contribution is -2.19. The standard InChI is InChI=1S/C24H24FN3O3S/c1-17-16-19(10-13-23(17)28-14-4-5-15-28)26-24(29)18-8-11-20(12-9-18)32(30,31)27-22-7-3-2-6-21(22)25/h2-3,6-13,16,27H,4-5,14-15H2,1H3,(H,26,29). The van der Waals surface area contributed by atoms with E-state index < -0.39 is 15.8 Å². The topological polar surface area (TPSA) is 78.5 Å². The second kappa shape index (κ2) is 9.00. The van der Waals surface area contributed by atoms with Crippen LogP contribution in [0.15, 0.2) is 71.6 Å². The fourth-order valence-corrected chi connectivity index (χ4v) is 4.85. The zero-order chi connectivity index (χ0) is 22.7. The van der Waals surface area contributed by atoms with Crippen molar-refractivity contribution in [2.45, 2.75) is 24.7 Å². The van der Waals surface area contributed by atoms with E-state index in [9.17, 15) is 17.6 Å². The minimum Gasteiger partial charge on any atom is -0.371 e. The summed E-state index contributed by atoms with van der Waals surface area (Å²) in [6.07, 6.45) is 2.39. The Morgan fingerprint density at radius 1 is 0.969 bits per heavy atom. The van der Waals surface area contributed by atoms with E-state index in [1.807, 2.05) is 25.1 Å². The van der Waals surface area contributed by atoms with Crippen molar-refractivity contribution in [3.8, 4) is 0 Å². The van der Waals surface area contributed by atoms with Crippen LogP contribution in [0.3, 0.4) is 0 Å². The summed E-state index contributed by atoms with van der Waals surface area (Å²) in [5, 5.41) is 2.85. The molecular formula is C24H24FN3O3S. The van der Waals surface area contributed by atoms with Gasteiger partial charge in [0.05, 0.1) is 10.6 Å². The number of halogens is 1. The molecule has 1 heterocycles. The van der Waals surface area contributed by atoms with Crippen molar-refractivity contribution in [1.82, 2.24) is 0 Å². The Balaban J connectivity index is 1.45. The van der Waals surface area contributed by atoms with Crippen LogP contribution in [0, 0.1) is 12.7 Å². The molecule has 166 valence electrons. The number of hydrogen-bond donors (Lipinski definition) is 2. The molecule has 3 aromatic rings. The zero-order valence-electron chi connectivity index (χ0n) is 17.6. The van der Waals surface area contributed by atoms with E-state index in [-0.39, 0.29) is 16.5 Å². The highest BCUT2D eigenvalue weighted by Gasteiger charge is 2.18. The molecule has 1 amide bonds. The average Bonchev–Trinajstić information content (AvgIpc) is 3.30. The lowest BCUT2D eigenvalue weighted by molar-refractivity contribution is 0.102. The number of hydrogen-bond acceptors (Lipinski definition) is 4. The minimum absolute atomic E-state index is 0.0666. The Labute approximate surface area is 187 Å². The van der Waals surface area contributed by atoms with Crippen LogP contribution in [-0.2, 0) is 10.0 Å². The van der Waals surface area contributed by atoms with Crippen molar-refractivity contribution in [2.24, 2.45) is 0 Å². The molecular weight excluding hydrogens is 429 g/mol. The van der Waals surface area contributed by atoms with Gasteiger partial charge in [-0.15, -0.1) is 0 Å². The second-order valence-corrected chi connectivity index (χ2v) is 9.44. The Morgan fingerprint density at radius 3 is 2.31 bits per heavy atom. The van der Waals surface area contributed by atoms with Crippen LogP contribution in [0.2, 0.25) is 0 Å². The van der Waals surface area contributed by atoms with Gasteiger partial charge in [-0.3, -0.25) is 9.52 Å². The smallest absolute Gasteiger partial charge is 0.261 e. The number of rotatable bonds is 6. The van der Waals surface area contributed by atoms with E-state index in [1.165, 1.54) is 67.1 Å². The second-order valence-electron chi connectivity index (χ2n) is 7.76. The molecule has 1 aliphatic heterocycles. The molecule has 0 radical (unpaired) electrons. The number of anilines is 3. The molecule has 4 rings (SSSR count). The van der Waals surface area contributed by atoms with Crippen LogP contribution < -0.4 is 14.9 Å². The van der Waals surface area contributed by atoms with Gasteiger partial charge in [0, 0.05) is 30.0 Å². The predicted molar refractivity (Wildman–Crippen MR) is 124 cm³/mol. The summed E-state index contributed by atoms with van der Waals surface area (Å²) in [6, 6.07) is 16.8. The highest BCUT2D eigenvalue weighted by Crippen LogP contribution is 2.27. The highest BCUT2D eigenvalue weighted by atomic mass is 32.2. The van der Waals surface area contributed by atoms with Gasteiger partial charge in [0.25, 0.3) is 15.9 Å². The minimum atomic E-state index is -3.98. The summed E-state index contributed by atoms with van der Waals surface area (Å²) in [6.45, 7) is 4.12. The van der Waals surface area contributed by atoms with Gasteiger partial charge in [-0.25, -0.2) is 12.8 Å². The van der Waals surface area contributed by atoms with Gasteiger partial charge in [0.2, 0.25) is 0 Å². The first-order valence-corrected chi connectivity index (χ1v) is 11.9. The molecule has 0 unspecified atom stereocenters. The van der Waals surface area contributed by atoms with E-state index in [2.05, 4.69) is 14.9 Å². The Bertz CT molecular complexity index is 1240. The first-order chi connectivity index (χ1) is 15.3. The Hall–Kier alpha value is -3.39. The van der Waals surface area contributed by atoms with Crippen LogP contribution in [0.5, 0.6) is 0 Å². The molecule has 1 aliphatic rings. The number of sulfonamides is 1. The molecule has 0 saturated carbocycles. The molecule has 3 aromatic carbocycles. The van der Waals surface area contributed by atoms with Crippen molar-refractivity contribution in [3.63, 3.8) is 0 Å². The molecule has 1 saturated heterocycles. The molecule has 6 nitrogen and oxygen atoms in total. The molecule has 0 spiro atoms.